The molecule has 6 nitrogen and oxygen atoms in total. The Morgan fingerprint density at radius 1 is 1.12 bits per heavy atom. The van der Waals surface area contributed by atoms with Gasteiger partial charge in [0.2, 0.25) is 0 Å². The molecule has 3 aromatic rings. The number of aromatic nitrogens is 2. The predicted molar refractivity (Wildman–Crippen MR) is 103 cm³/mol. The minimum Gasteiger partial charge on any atom is -0.334 e. The van der Waals surface area contributed by atoms with Crippen molar-refractivity contribution in [2.24, 2.45) is 0 Å². The van der Waals surface area contributed by atoms with Crippen molar-refractivity contribution in [3.8, 4) is 5.69 Å². The molecule has 0 radical (unpaired) electrons. The fraction of sp³-hybridized carbons (Fsp3) is 0.200. The molecule has 1 heterocycles. The van der Waals surface area contributed by atoms with Crippen LogP contribution in [0.4, 0.5) is 10.5 Å². The van der Waals surface area contributed by atoms with Crippen LogP contribution in [0.15, 0.2) is 53.5 Å². The number of imidazole rings is 1. The molecule has 0 saturated heterocycles. The van der Waals surface area contributed by atoms with Gasteiger partial charge in [-0.15, -0.1) is 0 Å². The van der Waals surface area contributed by atoms with Crippen molar-refractivity contribution in [2.75, 3.05) is 5.32 Å². The molecule has 0 aliphatic heterocycles. The Bertz CT molecular complexity index is 1000. The summed E-state index contributed by atoms with van der Waals surface area (Å²) in [5.41, 5.74) is 5.11. The van der Waals surface area contributed by atoms with E-state index in [0.29, 0.717) is 17.9 Å². The van der Waals surface area contributed by atoms with Gasteiger partial charge in [0.25, 0.3) is 0 Å². The lowest BCUT2D eigenvalue weighted by Crippen LogP contribution is -2.29. The number of rotatable bonds is 4. The Morgan fingerprint density at radius 3 is 2.58 bits per heavy atom. The van der Waals surface area contributed by atoms with Gasteiger partial charge < -0.3 is 15.6 Å². The summed E-state index contributed by atoms with van der Waals surface area (Å²) in [7, 11) is 0. The molecular formula is C20H22N4O2. The number of hydrogen-bond donors (Lipinski definition) is 3. The van der Waals surface area contributed by atoms with Gasteiger partial charge in [-0.2, -0.15) is 0 Å². The molecule has 0 bridgehead atoms. The first-order valence-corrected chi connectivity index (χ1v) is 8.43. The van der Waals surface area contributed by atoms with Crippen LogP contribution in [0.25, 0.3) is 5.69 Å². The fourth-order valence-electron chi connectivity index (χ4n) is 2.92. The van der Waals surface area contributed by atoms with Crippen molar-refractivity contribution in [3.05, 3.63) is 81.5 Å². The van der Waals surface area contributed by atoms with Crippen LogP contribution in [0, 0.1) is 20.8 Å². The van der Waals surface area contributed by atoms with E-state index in [9.17, 15) is 9.59 Å². The molecule has 26 heavy (non-hydrogen) atoms. The molecule has 2 amide bonds. The summed E-state index contributed by atoms with van der Waals surface area (Å²) in [6.45, 7) is 6.33. The lowest BCUT2D eigenvalue weighted by atomic mass is 10.1. The molecule has 0 aliphatic carbocycles. The average Bonchev–Trinajstić information content (AvgIpc) is 2.93. The lowest BCUT2D eigenvalue weighted by Gasteiger charge is -2.14. The maximum Gasteiger partial charge on any atom is 0.330 e. The SMILES string of the molecule is Cc1ccc(CNC(=O)Nc2ccccc2-n2c(C)c[nH]c2=O)c(C)c1. The van der Waals surface area contributed by atoms with E-state index < -0.39 is 0 Å². The highest BCUT2D eigenvalue weighted by atomic mass is 16.2. The van der Waals surface area contributed by atoms with Crippen LogP contribution in [-0.2, 0) is 6.54 Å². The summed E-state index contributed by atoms with van der Waals surface area (Å²) in [6, 6.07) is 13.0. The summed E-state index contributed by atoms with van der Waals surface area (Å²) >= 11 is 0. The van der Waals surface area contributed by atoms with Crippen LogP contribution in [0.3, 0.4) is 0 Å². The lowest BCUT2D eigenvalue weighted by molar-refractivity contribution is 0.251. The third kappa shape index (κ3) is 3.69. The van der Waals surface area contributed by atoms with Crippen molar-refractivity contribution in [2.45, 2.75) is 27.3 Å². The Hall–Kier alpha value is -3.28. The monoisotopic (exact) mass is 350 g/mol. The van der Waals surface area contributed by atoms with E-state index in [2.05, 4.69) is 21.7 Å². The molecule has 1 aromatic heterocycles. The normalized spacial score (nSPS) is 10.6. The molecule has 134 valence electrons. The maximum atomic E-state index is 12.3. The second-order valence-corrected chi connectivity index (χ2v) is 6.33. The minimum absolute atomic E-state index is 0.243. The number of H-pyrrole nitrogens is 1. The van der Waals surface area contributed by atoms with Gasteiger partial charge in [0.15, 0.2) is 0 Å². The molecule has 2 aromatic carbocycles. The number of nitrogens with zero attached hydrogens (tertiary/aromatic N) is 1. The summed E-state index contributed by atoms with van der Waals surface area (Å²) in [4.78, 5) is 27.0. The van der Waals surface area contributed by atoms with Gasteiger partial charge in [-0.05, 0) is 44.0 Å². The van der Waals surface area contributed by atoms with E-state index in [0.717, 1.165) is 16.8 Å². The van der Waals surface area contributed by atoms with Crippen molar-refractivity contribution in [1.82, 2.24) is 14.9 Å². The van der Waals surface area contributed by atoms with Gasteiger partial charge >= 0.3 is 11.7 Å². The number of nitrogens with one attached hydrogen (secondary N) is 3. The quantitative estimate of drug-likeness (QED) is 0.674. The Kier molecular flexibility index (Phi) is 4.93. The zero-order valence-electron chi connectivity index (χ0n) is 15.1. The molecule has 0 unspecified atom stereocenters. The number of anilines is 1. The number of amides is 2. The zero-order valence-corrected chi connectivity index (χ0v) is 15.1. The van der Waals surface area contributed by atoms with Crippen molar-refractivity contribution in [1.29, 1.82) is 0 Å². The van der Waals surface area contributed by atoms with Gasteiger partial charge in [0, 0.05) is 18.4 Å². The molecule has 0 spiro atoms. The van der Waals surface area contributed by atoms with Gasteiger partial charge in [-0.1, -0.05) is 35.9 Å². The number of aromatic amines is 1. The third-order valence-corrected chi connectivity index (χ3v) is 4.29. The first-order chi connectivity index (χ1) is 12.5. The highest BCUT2D eigenvalue weighted by Gasteiger charge is 2.12. The van der Waals surface area contributed by atoms with Crippen molar-refractivity contribution >= 4 is 11.7 Å². The van der Waals surface area contributed by atoms with Crippen molar-refractivity contribution in [3.63, 3.8) is 0 Å². The second-order valence-electron chi connectivity index (χ2n) is 6.33. The van der Waals surface area contributed by atoms with Crippen LogP contribution in [0.5, 0.6) is 0 Å². The Balaban J connectivity index is 1.75. The molecule has 0 fully saturated rings. The standard InChI is InChI=1S/C20H22N4O2/c1-13-8-9-16(14(2)10-13)12-21-19(25)23-17-6-4-5-7-18(17)24-15(3)11-22-20(24)26/h4-11H,12H2,1-3H3,(H,22,26)(H2,21,23,25). The zero-order chi connectivity index (χ0) is 18.7. The van der Waals surface area contributed by atoms with E-state index in [1.807, 2.05) is 45.0 Å². The molecular weight excluding hydrogens is 328 g/mol. The second kappa shape index (κ2) is 7.31. The van der Waals surface area contributed by atoms with Crippen LogP contribution >= 0.6 is 0 Å². The van der Waals surface area contributed by atoms with E-state index in [1.54, 1.807) is 18.3 Å². The largest absolute Gasteiger partial charge is 0.334 e. The topological polar surface area (TPSA) is 78.9 Å². The molecule has 3 N–H and O–H groups in total. The molecule has 3 rings (SSSR count). The maximum absolute atomic E-state index is 12.3. The van der Waals surface area contributed by atoms with Gasteiger partial charge in [-0.3, -0.25) is 4.57 Å². The number of hydrogen-bond acceptors (Lipinski definition) is 2. The molecule has 0 aliphatic rings. The fourth-order valence-corrected chi connectivity index (χ4v) is 2.92. The number of carbonyl (C=O) groups excluding carboxylic acids is 1. The highest BCUT2D eigenvalue weighted by molar-refractivity contribution is 5.91. The minimum atomic E-state index is -0.321. The number of aryl methyl sites for hydroxylation is 3. The van der Waals surface area contributed by atoms with Crippen LogP contribution in [-0.4, -0.2) is 15.6 Å². The Labute approximate surface area is 151 Å². The van der Waals surface area contributed by atoms with Crippen LogP contribution in [0.2, 0.25) is 0 Å². The predicted octanol–water partition coefficient (Wildman–Crippen LogP) is 3.41. The van der Waals surface area contributed by atoms with Gasteiger partial charge in [0.05, 0.1) is 11.4 Å². The van der Waals surface area contributed by atoms with E-state index >= 15 is 0 Å². The van der Waals surface area contributed by atoms with E-state index in [-0.39, 0.29) is 11.7 Å². The molecule has 6 heteroatoms. The number of carbonyl (C=O) groups is 1. The van der Waals surface area contributed by atoms with Crippen LogP contribution in [0.1, 0.15) is 22.4 Å². The highest BCUT2D eigenvalue weighted by Crippen LogP contribution is 2.19. The summed E-state index contributed by atoms with van der Waals surface area (Å²) in [6.07, 6.45) is 1.64. The summed E-state index contributed by atoms with van der Waals surface area (Å²) in [5.74, 6) is 0. The smallest absolute Gasteiger partial charge is 0.330 e. The number of para-hydroxylation sites is 2. The third-order valence-electron chi connectivity index (χ3n) is 4.29. The van der Waals surface area contributed by atoms with E-state index in [4.69, 9.17) is 0 Å². The Morgan fingerprint density at radius 2 is 1.88 bits per heavy atom. The van der Waals surface area contributed by atoms with Crippen LogP contribution < -0.4 is 16.3 Å². The molecule has 0 saturated carbocycles. The summed E-state index contributed by atoms with van der Waals surface area (Å²) < 4.78 is 1.53. The van der Waals surface area contributed by atoms with Gasteiger partial charge in [-0.25, -0.2) is 9.59 Å². The first kappa shape index (κ1) is 17.5. The number of urea groups is 1. The first-order valence-electron chi connectivity index (χ1n) is 8.43. The van der Waals surface area contributed by atoms with E-state index in [1.165, 1.54) is 10.1 Å². The number of benzene rings is 2. The average molecular weight is 350 g/mol. The van der Waals surface area contributed by atoms with Gasteiger partial charge in [0.1, 0.15) is 0 Å². The van der Waals surface area contributed by atoms with Crippen molar-refractivity contribution < 1.29 is 4.79 Å². The summed E-state index contributed by atoms with van der Waals surface area (Å²) in [5, 5.41) is 5.69. The molecule has 0 atom stereocenters.